The Morgan fingerprint density at radius 1 is 1.42 bits per heavy atom. The predicted molar refractivity (Wildman–Crippen MR) is 85.7 cm³/mol. The van der Waals surface area contributed by atoms with Crippen molar-refractivity contribution in [3.63, 3.8) is 0 Å². The number of aliphatic imine (C=N–C) groups is 1. The number of aliphatic carboxylic acids is 1. The van der Waals surface area contributed by atoms with E-state index in [1.54, 1.807) is 7.05 Å². The van der Waals surface area contributed by atoms with Crippen LogP contribution in [0.3, 0.4) is 0 Å². The molecule has 24 heavy (non-hydrogen) atoms. The van der Waals surface area contributed by atoms with Gasteiger partial charge in [0.15, 0.2) is 12.1 Å². The highest BCUT2D eigenvalue weighted by atomic mass is 16.5. The van der Waals surface area contributed by atoms with Gasteiger partial charge in [-0.05, 0) is 12.5 Å². The molecule has 0 aromatic rings. The van der Waals surface area contributed by atoms with Crippen molar-refractivity contribution in [2.45, 2.75) is 38.5 Å². The van der Waals surface area contributed by atoms with Crippen LogP contribution in [0.4, 0.5) is 0 Å². The van der Waals surface area contributed by atoms with Gasteiger partial charge in [0, 0.05) is 20.5 Å². The van der Waals surface area contributed by atoms with E-state index >= 15 is 0 Å². The third-order valence-corrected chi connectivity index (χ3v) is 3.33. The molecule has 134 valence electrons. The number of carbonyl (C=O) groups excluding carboxylic acids is 2. The maximum absolute atomic E-state index is 12.6. The molecule has 0 aromatic heterocycles. The van der Waals surface area contributed by atoms with Crippen molar-refractivity contribution in [2.75, 3.05) is 13.6 Å². The fourth-order valence-corrected chi connectivity index (χ4v) is 2.36. The van der Waals surface area contributed by atoms with Crippen molar-refractivity contribution in [1.82, 2.24) is 10.2 Å². The molecular weight excluding hydrogens is 318 g/mol. The first-order valence-corrected chi connectivity index (χ1v) is 7.40. The Labute approximate surface area is 139 Å². The summed E-state index contributed by atoms with van der Waals surface area (Å²) < 4.78 is 5.31. The second-order valence-electron chi connectivity index (χ2n) is 5.41. The highest BCUT2D eigenvalue weighted by molar-refractivity contribution is 5.89. The summed E-state index contributed by atoms with van der Waals surface area (Å²) in [6.07, 6.45) is 0.611. The lowest BCUT2D eigenvalue weighted by atomic mass is 9.97. The van der Waals surface area contributed by atoms with Crippen molar-refractivity contribution in [3.05, 3.63) is 11.8 Å². The molecule has 6 N–H and O–H groups in total. The standard InChI is InChI=1S/C14H23N5O5/c1-4-5-19(3)12(21)11-10(17-7(2)20)8(18-14(15)16)6-9(24-11)13(22)23/h6,8,10-11H,4-5H2,1-3H3,(H,17,20)(H,22,23)(H4,15,16,18)/t8?,10-,11-/m1/s1. The first-order valence-electron chi connectivity index (χ1n) is 7.40. The molecule has 0 bridgehead atoms. The molecule has 1 unspecified atom stereocenters. The van der Waals surface area contributed by atoms with Crippen LogP contribution in [0.15, 0.2) is 16.8 Å². The number of carboxylic acid groups (broad SMARTS) is 1. The van der Waals surface area contributed by atoms with E-state index in [0.29, 0.717) is 13.0 Å². The Bertz CT molecular complexity index is 570. The normalized spacial score (nSPS) is 22.6. The predicted octanol–water partition coefficient (Wildman–Crippen LogP) is -1.63. The fourth-order valence-electron chi connectivity index (χ4n) is 2.36. The van der Waals surface area contributed by atoms with Crippen LogP contribution < -0.4 is 16.8 Å². The van der Waals surface area contributed by atoms with E-state index in [1.165, 1.54) is 11.8 Å². The maximum atomic E-state index is 12.6. The summed E-state index contributed by atoms with van der Waals surface area (Å²) in [4.78, 5) is 40.7. The smallest absolute Gasteiger partial charge is 0.370 e. The van der Waals surface area contributed by atoms with Gasteiger partial charge in [-0.25, -0.2) is 9.79 Å². The number of nitrogens with zero attached hydrogens (tertiary/aromatic N) is 2. The van der Waals surface area contributed by atoms with Crippen molar-refractivity contribution >= 4 is 23.7 Å². The van der Waals surface area contributed by atoms with Crippen LogP contribution >= 0.6 is 0 Å². The van der Waals surface area contributed by atoms with Crippen molar-refractivity contribution in [3.8, 4) is 0 Å². The molecule has 10 heteroatoms. The second-order valence-corrected chi connectivity index (χ2v) is 5.41. The number of likely N-dealkylation sites (N-methyl/N-ethyl adjacent to an activating group) is 1. The van der Waals surface area contributed by atoms with E-state index in [2.05, 4.69) is 10.3 Å². The Morgan fingerprint density at radius 2 is 2.04 bits per heavy atom. The molecule has 0 saturated heterocycles. The SMILES string of the molecule is CCCN(C)C(=O)[C@@H]1OC(C(=O)O)=CC(N=C(N)N)[C@H]1NC(C)=O. The summed E-state index contributed by atoms with van der Waals surface area (Å²) in [5.74, 6) is -3.01. The zero-order valence-corrected chi connectivity index (χ0v) is 13.9. The van der Waals surface area contributed by atoms with Gasteiger partial charge in [0.1, 0.15) is 12.1 Å². The molecular formula is C14H23N5O5. The van der Waals surface area contributed by atoms with Crippen LogP contribution in [0.1, 0.15) is 20.3 Å². The number of carbonyl (C=O) groups is 3. The van der Waals surface area contributed by atoms with E-state index in [9.17, 15) is 19.5 Å². The molecule has 1 aliphatic rings. The van der Waals surface area contributed by atoms with Crippen molar-refractivity contribution in [2.24, 2.45) is 16.5 Å². The molecule has 0 aromatic carbocycles. The minimum Gasteiger partial charge on any atom is -0.475 e. The lowest BCUT2D eigenvalue weighted by molar-refractivity contribution is -0.148. The van der Waals surface area contributed by atoms with Gasteiger partial charge < -0.3 is 31.5 Å². The van der Waals surface area contributed by atoms with Crippen LogP contribution in [-0.2, 0) is 19.1 Å². The molecule has 0 radical (unpaired) electrons. The molecule has 3 atom stereocenters. The minimum atomic E-state index is -1.36. The van der Waals surface area contributed by atoms with Gasteiger partial charge in [0.25, 0.3) is 5.91 Å². The lowest BCUT2D eigenvalue weighted by Gasteiger charge is -2.36. The van der Waals surface area contributed by atoms with Gasteiger partial charge in [-0.2, -0.15) is 0 Å². The number of nitrogens with one attached hydrogen (secondary N) is 1. The van der Waals surface area contributed by atoms with Gasteiger partial charge in [0.2, 0.25) is 11.7 Å². The number of hydrogen-bond donors (Lipinski definition) is 4. The Hall–Kier alpha value is -2.78. The van der Waals surface area contributed by atoms with Crippen LogP contribution in [0.25, 0.3) is 0 Å². The largest absolute Gasteiger partial charge is 0.475 e. The van der Waals surface area contributed by atoms with Crippen LogP contribution in [0.2, 0.25) is 0 Å². The van der Waals surface area contributed by atoms with Gasteiger partial charge >= 0.3 is 5.97 Å². The number of ether oxygens (including phenoxy) is 1. The summed E-state index contributed by atoms with van der Waals surface area (Å²) in [5.41, 5.74) is 10.7. The van der Waals surface area contributed by atoms with Gasteiger partial charge in [0.05, 0.1) is 0 Å². The Balaban J connectivity index is 3.28. The zero-order chi connectivity index (χ0) is 18.4. The number of hydrogen-bond acceptors (Lipinski definition) is 5. The van der Waals surface area contributed by atoms with E-state index in [-0.39, 0.29) is 5.96 Å². The quantitative estimate of drug-likeness (QED) is 0.333. The molecule has 0 spiro atoms. The van der Waals surface area contributed by atoms with Crippen molar-refractivity contribution in [1.29, 1.82) is 0 Å². The summed E-state index contributed by atoms with van der Waals surface area (Å²) >= 11 is 0. The first kappa shape index (κ1) is 19.3. The third-order valence-electron chi connectivity index (χ3n) is 3.33. The summed E-state index contributed by atoms with van der Waals surface area (Å²) in [7, 11) is 1.56. The Kier molecular flexibility index (Phi) is 6.57. The average Bonchev–Trinajstić information content (AvgIpc) is 2.47. The first-order chi connectivity index (χ1) is 11.2. The van der Waals surface area contributed by atoms with Crippen LogP contribution in [0.5, 0.6) is 0 Å². The van der Waals surface area contributed by atoms with Crippen LogP contribution in [-0.4, -0.2) is 65.5 Å². The lowest BCUT2D eigenvalue weighted by Crippen LogP contribution is -2.58. The molecule has 0 aliphatic carbocycles. The average molecular weight is 341 g/mol. The third kappa shape index (κ3) is 4.86. The summed E-state index contributed by atoms with van der Waals surface area (Å²) in [6, 6.07) is -1.87. The topological polar surface area (TPSA) is 160 Å². The van der Waals surface area contributed by atoms with Gasteiger partial charge in [-0.1, -0.05) is 6.92 Å². The highest BCUT2D eigenvalue weighted by Crippen LogP contribution is 2.22. The van der Waals surface area contributed by atoms with Gasteiger partial charge in [-0.15, -0.1) is 0 Å². The van der Waals surface area contributed by atoms with Crippen molar-refractivity contribution < 1.29 is 24.2 Å². The highest BCUT2D eigenvalue weighted by Gasteiger charge is 2.42. The fraction of sp³-hybridized carbons (Fsp3) is 0.571. The van der Waals surface area contributed by atoms with E-state index in [1.807, 2.05) is 6.92 Å². The molecule has 1 aliphatic heterocycles. The molecule has 1 heterocycles. The van der Waals surface area contributed by atoms with E-state index in [4.69, 9.17) is 16.2 Å². The van der Waals surface area contributed by atoms with Gasteiger partial charge in [-0.3, -0.25) is 9.59 Å². The number of nitrogens with two attached hydrogens (primary N) is 2. The van der Waals surface area contributed by atoms with E-state index < -0.39 is 41.7 Å². The van der Waals surface area contributed by atoms with E-state index in [0.717, 1.165) is 6.08 Å². The second kappa shape index (κ2) is 8.18. The summed E-state index contributed by atoms with van der Waals surface area (Å²) in [6.45, 7) is 3.60. The number of rotatable bonds is 6. The number of amides is 2. The number of guanidine groups is 1. The molecule has 10 nitrogen and oxygen atoms in total. The maximum Gasteiger partial charge on any atom is 0.370 e. The summed E-state index contributed by atoms with van der Waals surface area (Å²) in [5, 5.41) is 11.7. The molecule has 1 rings (SSSR count). The molecule has 0 fully saturated rings. The zero-order valence-electron chi connectivity index (χ0n) is 13.9. The Morgan fingerprint density at radius 3 is 2.50 bits per heavy atom. The minimum absolute atomic E-state index is 0.300. The molecule has 2 amide bonds. The monoisotopic (exact) mass is 341 g/mol. The number of carboxylic acids is 1. The van der Waals surface area contributed by atoms with Crippen LogP contribution in [0, 0.1) is 0 Å². The molecule has 0 saturated carbocycles.